The van der Waals surface area contributed by atoms with Crippen LogP contribution in [-0.4, -0.2) is 58.0 Å². The predicted molar refractivity (Wildman–Crippen MR) is 105 cm³/mol. The summed E-state index contributed by atoms with van der Waals surface area (Å²) in [6, 6.07) is 12.1. The van der Waals surface area contributed by atoms with E-state index in [0.29, 0.717) is 0 Å². The summed E-state index contributed by atoms with van der Waals surface area (Å²) in [5.41, 5.74) is -3.03. The highest BCUT2D eigenvalue weighted by Gasteiger charge is 2.65. The Morgan fingerprint density at radius 1 is 0.774 bits per heavy atom. The van der Waals surface area contributed by atoms with Gasteiger partial charge in [-0.1, -0.05) is 30.3 Å². The highest BCUT2D eigenvalue weighted by molar-refractivity contribution is 6.14. The summed E-state index contributed by atoms with van der Waals surface area (Å²) >= 11 is 0. The Hall–Kier alpha value is -4.08. The molecule has 0 amide bonds. The van der Waals surface area contributed by atoms with Crippen LogP contribution in [0.4, 0.5) is 5.69 Å². The second-order valence-corrected chi connectivity index (χ2v) is 6.26. The number of hydrogen-bond acceptors (Lipinski definition) is 10. The maximum Gasteiger partial charge on any atom is 0.386 e. The Bertz CT molecular complexity index is 1090. The normalized spacial score (nSPS) is 14.6. The number of carbonyl (C=O) groups excluding carboxylic acids is 4. The number of methoxy groups -OCH3 is 4. The van der Waals surface area contributed by atoms with Crippen molar-refractivity contribution < 1.29 is 42.9 Å². The molecule has 10 nitrogen and oxygen atoms in total. The number of ether oxygens (including phenoxy) is 5. The van der Waals surface area contributed by atoms with E-state index in [2.05, 4.69) is 4.74 Å². The van der Waals surface area contributed by atoms with E-state index in [0.717, 1.165) is 44.1 Å². The van der Waals surface area contributed by atoms with Gasteiger partial charge in [-0.25, -0.2) is 19.2 Å². The molecule has 2 aromatic carbocycles. The van der Waals surface area contributed by atoms with Gasteiger partial charge >= 0.3 is 29.6 Å². The molecule has 1 aliphatic heterocycles. The van der Waals surface area contributed by atoms with Gasteiger partial charge in [-0.05, 0) is 22.9 Å². The average Bonchev–Trinajstić information content (AvgIpc) is 3.18. The van der Waals surface area contributed by atoms with E-state index in [9.17, 15) is 19.2 Å². The van der Waals surface area contributed by atoms with Crippen molar-refractivity contribution in [3.63, 3.8) is 0 Å². The molecule has 0 atom stereocenters. The van der Waals surface area contributed by atoms with Gasteiger partial charge in [0.1, 0.15) is 0 Å². The van der Waals surface area contributed by atoms with Crippen molar-refractivity contribution in [1.82, 2.24) is 0 Å². The maximum absolute atomic E-state index is 12.9. The lowest BCUT2D eigenvalue weighted by molar-refractivity contribution is -0.180. The van der Waals surface area contributed by atoms with Gasteiger partial charge in [0.2, 0.25) is 5.76 Å². The molecule has 0 fully saturated rings. The number of hydrogen-bond donors (Lipinski definition) is 0. The molecule has 0 saturated carbocycles. The van der Waals surface area contributed by atoms with E-state index in [1.165, 1.54) is 6.07 Å². The van der Waals surface area contributed by atoms with Crippen LogP contribution < -0.4 is 4.90 Å². The zero-order valence-electron chi connectivity index (χ0n) is 17.2. The molecule has 0 saturated heterocycles. The van der Waals surface area contributed by atoms with Crippen molar-refractivity contribution >= 4 is 40.3 Å². The third-order valence-corrected chi connectivity index (χ3v) is 4.67. The van der Waals surface area contributed by atoms with E-state index in [1.807, 2.05) is 12.1 Å². The fourth-order valence-electron chi connectivity index (χ4n) is 3.27. The monoisotopic (exact) mass is 429 g/mol. The van der Waals surface area contributed by atoms with Crippen molar-refractivity contribution in [2.45, 2.75) is 5.72 Å². The number of rotatable bonds is 5. The summed E-state index contributed by atoms with van der Waals surface area (Å²) in [6.07, 6.45) is 0. The summed E-state index contributed by atoms with van der Waals surface area (Å²) in [5.74, 6) is -5.33. The molecule has 10 heteroatoms. The summed E-state index contributed by atoms with van der Waals surface area (Å²) in [7, 11) is 4.15. The number of benzene rings is 2. The van der Waals surface area contributed by atoms with Crippen LogP contribution in [0.25, 0.3) is 10.8 Å². The Morgan fingerprint density at radius 2 is 1.35 bits per heavy atom. The second kappa shape index (κ2) is 8.34. The summed E-state index contributed by atoms with van der Waals surface area (Å²) in [4.78, 5) is 51.8. The molecule has 0 aliphatic carbocycles. The van der Waals surface area contributed by atoms with Crippen molar-refractivity contribution in [3.8, 4) is 0 Å². The number of nitrogens with zero attached hydrogens (tertiary/aromatic N) is 1. The van der Waals surface area contributed by atoms with E-state index in [4.69, 9.17) is 18.9 Å². The highest BCUT2D eigenvalue weighted by Crippen LogP contribution is 2.42. The van der Waals surface area contributed by atoms with Crippen LogP contribution in [0.1, 0.15) is 0 Å². The first-order valence-electron chi connectivity index (χ1n) is 8.91. The van der Waals surface area contributed by atoms with E-state index in [1.54, 1.807) is 24.3 Å². The summed E-state index contributed by atoms with van der Waals surface area (Å²) < 4.78 is 24.5. The quantitative estimate of drug-likeness (QED) is 0.391. The highest BCUT2D eigenvalue weighted by atomic mass is 16.6. The molecular weight excluding hydrogens is 410 g/mol. The van der Waals surface area contributed by atoms with Gasteiger partial charge in [0, 0.05) is 5.69 Å². The van der Waals surface area contributed by atoms with Crippen LogP contribution >= 0.6 is 0 Å². The van der Waals surface area contributed by atoms with Crippen molar-refractivity contribution in [1.29, 1.82) is 0 Å². The molecule has 31 heavy (non-hydrogen) atoms. The van der Waals surface area contributed by atoms with E-state index < -0.39 is 41.1 Å². The Labute approximate surface area is 176 Å². The molecule has 1 aliphatic rings. The summed E-state index contributed by atoms with van der Waals surface area (Å²) in [5, 5.41) is 1.57. The van der Waals surface area contributed by atoms with Crippen molar-refractivity contribution in [3.05, 3.63) is 53.9 Å². The molecular formula is C21H19NO9. The van der Waals surface area contributed by atoms with Gasteiger partial charge in [-0.15, -0.1) is 0 Å². The van der Waals surface area contributed by atoms with E-state index in [-0.39, 0.29) is 5.69 Å². The molecule has 0 aromatic heterocycles. The van der Waals surface area contributed by atoms with Crippen LogP contribution in [0.2, 0.25) is 0 Å². The van der Waals surface area contributed by atoms with Crippen LogP contribution in [-0.2, 0) is 42.9 Å². The minimum absolute atomic E-state index is 0.161. The van der Waals surface area contributed by atoms with Gasteiger partial charge in [-0.2, -0.15) is 0 Å². The van der Waals surface area contributed by atoms with Gasteiger partial charge in [-0.3, -0.25) is 4.90 Å². The standard InChI is InChI=1S/C21H19NO9/c1-27-17(23)15-16(18(24)28-2)31-21(19(25)29-3,20(26)30-4)22(15)14-10-9-12-7-5-6-8-13(12)11-14/h5-11H,1-4H3. The first-order chi connectivity index (χ1) is 14.8. The first-order valence-corrected chi connectivity index (χ1v) is 8.91. The van der Waals surface area contributed by atoms with Gasteiger partial charge in [0.05, 0.1) is 28.4 Å². The molecule has 2 aromatic rings. The minimum atomic E-state index is -2.67. The van der Waals surface area contributed by atoms with Crippen LogP contribution in [0, 0.1) is 0 Å². The predicted octanol–water partition coefficient (Wildman–Crippen LogP) is 1.28. The van der Waals surface area contributed by atoms with Crippen LogP contribution in [0.3, 0.4) is 0 Å². The molecule has 0 spiro atoms. The average molecular weight is 429 g/mol. The zero-order chi connectivity index (χ0) is 22.8. The van der Waals surface area contributed by atoms with Gasteiger partial charge in [0.25, 0.3) is 0 Å². The lowest BCUT2D eigenvalue weighted by Gasteiger charge is -2.33. The molecule has 0 radical (unpaired) electrons. The maximum atomic E-state index is 12.9. The van der Waals surface area contributed by atoms with Crippen LogP contribution in [0.5, 0.6) is 0 Å². The number of fused-ring (bicyclic) bond motifs is 1. The first kappa shape index (κ1) is 21.6. The number of anilines is 1. The third kappa shape index (κ3) is 3.31. The Balaban J connectivity index is 2.38. The SMILES string of the molecule is COC(=O)C1=C(C(=O)OC)N(c2ccc3ccccc3c2)C(C(=O)OC)(C(=O)OC)O1. The largest absolute Gasteiger partial charge is 0.464 e. The third-order valence-electron chi connectivity index (χ3n) is 4.67. The number of esters is 4. The molecule has 162 valence electrons. The molecule has 0 bridgehead atoms. The zero-order valence-corrected chi connectivity index (χ0v) is 17.2. The lowest BCUT2D eigenvalue weighted by Crippen LogP contribution is -2.60. The summed E-state index contributed by atoms with van der Waals surface area (Å²) in [6.45, 7) is 0. The minimum Gasteiger partial charge on any atom is -0.464 e. The van der Waals surface area contributed by atoms with Crippen LogP contribution in [0.15, 0.2) is 53.9 Å². The Kier molecular flexibility index (Phi) is 5.82. The fourth-order valence-corrected chi connectivity index (χ4v) is 3.27. The smallest absolute Gasteiger partial charge is 0.386 e. The second-order valence-electron chi connectivity index (χ2n) is 6.26. The molecule has 1 heterocycles. The topological polar surface area (TPSA) is 118 Å². The number of carbonyl (C=O) groups is 4. The Morgan fingerprint density at radius 3 is 1.90 bits per heavy atom. The fraction of sp³-hybridized carbons (Fsp3) is 0.238. The van der Waals surface area contributed by atoms with Gasteiger partial charge in [0.15, 0.2) is 5.70 Å². The van der Waals surface area contributed by atoms with Gasteiger partial charge < -0.3 is 23.7 Å². The molecule has 3 rings (SSSR count). The lowest BCUT2D eigenvalue weighted by atomic mass is 10.1. The van der Waals surface area contributed by atoms with E-state index >= 15 is 0 Å². The van der Waals surface area contributed by atoms with Crippen molar-refractivity contribution in [2.24, 2.45) is 0 Å². The molecule has 0 unspecified atom stereocenters. The molecule has 0 N–H and O–H groups in total. The van der Waals surface area contributed by atoms with Crippen molar-refractivity contribution in [2.75, 3.05) is 33.3 Å².